The van der Waals surface area contributed by atoms with Crippen LogP contribution in [0.1, 0.15) is 11.7 Å². The van der Waals surface area contributed by atoms with Gasteiger partial charge in [-0.3, -0.25) is 0 Å². The van der Waals surface area contributed by atoms with Crippen molar-refractivity contribution < 1.29 is 9.84 Å². The molecule has 2 atom stereocenters. The largest absolute Gasteiger partial charge is 0.393 e. The molecule has 0 saturated carbocycles. The van der Waals surface area contributed by atoms with Crippen LogP contribution in [-0.4, -0.2) is 17.8 Å². The fraction of sp³-hybridized carbons (Fsp3) is 0.273. The summed E-state index contributed by atoms with van der Waals surface area (Å²) in [7, 11) is 0. The smallest absolute Gasteiger partial charge is 0.102 e. The van der Waals surface area contributed by atoms with Gasteiger partial charge >= 0.3 is 0 Å². The first kappa shape index (κ1) is 8.48. The predicted molar refractivity (Wildman–Crippen MR) is 50.3 cm³/mol. The highest BCUT2D eigenvalue weighted by Gasteiger charge is 2.19. The van der Waals surface area contributed by atoms with Crippen molar-refractivity contribution in [3.8, 4) is 0 Å². The normalized spacial score (nSPS) is 26.5. The summed E-state index contributed by atoms with van der Waals surface area (Å²) in [6, 6.07) is 9.99. The van der Waals surface area contributed by atoms with Crippen LogP contribution in [-0.2, 0) is 4.74 Å². The van der Waals surface area contributed by atoms with Crippen LogP contribution in [0.4, 0.5) is 0 Å². The third-order valence-corrected chi connectivity index (χ3v) is 2.13. The molecule has 0 bridgehead atoms. The third kappa shape index (κ3) is 1.79. The number of ether oxygens (including phenoxy) is 1. The van der Waals surface area contributed by atoms with Crippen molar-refractivity contribution in [2.75, 3.05) is 6.61 Å². The Kier molecular flexibility index (Phi) is 2.43. The van der Waals surface area contributed by atoms with E-state index in [-0.39, 0.29) is 18.8 Å². The second kappa shape index (κ2) is 3.73. The lowest BCUT2D eigenvalue weighted by atomic mass is 10.1. The number of hydrogen-bond donors (Lipinski definition) is 1. The maximum atomic E-state index is 8.85. The summed E-state index contributed by atoms with van der Waals surface area (Å²) < 4.78 is 5.54. The molecule has 0 radical (unpaired) electrons. The second-order valence-electron chi connectivity index (χ2n) is 3.07. The Morgan fingerprint density at radius 1 is 1.15 bits per heavy atom. The SMILES string of the molecule is OC[C@@H]1C=C[C@@H](c2ccccc2)O1. The summed E-state index contributed by atoms with van der Waals surface area (Å²) in [5.41, 5.74) is 1.13. The molecule has 0 fully saturated rings. The van der Waals surface area contributed by atoms with Gasteiger partial charge in [0.15, 0.2) is 0 Å². The van der Waals surface area contributed by atoms with Crippen LogP contribution in [0, 0.1) is 0 Å². The first-order valence-electron chi connectivity index (χ1n) is 4.40. The molecule has 0 amide bonds. The van der Waals surface area contributed by atoms with Crippen molar-refractivity contribution in [3.63, 3.8) is 0 Å². The van der Waals surface area contributed by atoms with Gasteiger partial charge in [-0.25, -0.2) is 0 Å². The molecule has 1 aromatic carbocycles. The minimum Gasteiger partial charge on any atom is -0.393 e. The van der Waals surface area contributed by atoms with Crippen molar-refractivity contribution >= 4 is 0 Å². The lowest BCUT2D eigenvalue weighted by Crippen LogP contribution is -2.11. The van der Waals surface area contributed by atoms with Crippen LogP contribution >= 0.6 is 0 Å². The van der Waals surface area contributed by atoms with Gasteiger partial charge in [-0.05, 0) is 5.56 Å². The molecule has 13 heavy (non-hydrogen) atoms. The first-order chi connectivity index (χ1) is 6.40. The van der Waals surface area contributed by atoms with Crippen molar-refractivity contribution in [1.82, 2.24) is 0 Å². The van der Waals surface area contributed by atoms with Gasteiger partial charge in [0, 0.05) is 0 Å². The maximum Gasteiger partial charge on any atom is 0.102 e. The lowest BCUT2D eigenvalue weighted by molar-refractivity contribution is 0.0252. The van der Waals surface area contributed by atoms with Crippen LogP contribution in [0.25, 0.3) is 0 Å². The third-order valence-electron chi connectivity index (χ3n) is 2.13. The Morgan fingerprint density at radius 3 is 2.54 bits per heavy atom. The highest BCUT2D eigenvalue weighted by atomic mass is 16.5. The Labute approximate surface area is 77.5 Å². The fourth-order valence-electron chi connectivity index (χ4n) is 1.44. The van der Waals surface area contributed by atoms with E-state index in [1.165, 1.54) is 0 Å². The van der Waals surface area contributed by atoms with E-state index in [0.29, 0.717) is 0 Å². The summed E-state index contributed by atoms with van der Waals surface area (Å²) in [6.07, 6.45) is 3.76. The van der Waals surface area contributed by atoms with Gasteiger partial charge in [-0.1, -0.05) is 42.5 Å². The number of rotatable bonds is 2. The summed E-state index contributed by atoms with van der Waals surface area (Å²) in [6.45, 7) is 0.0554. The zero-order valence-corrected chi connectivity index (χ0v) is 7.26. The van der Waals surface area contributed by atoms with Gasteiger partial charge in [0.05, 0.1) is 12.7 Å². The standard InChI is InChI=1S/C11H12O2/c12-8-10-6-7-11(13-10)9-4-2-1-3-5-9/h1-7,10-12H,8H2/t10-,11-/m0/s1. The fourth-order valence-corrected chi connectivity index (χ4v) is 1.44. The molecule has 1 N–H and O–H groups in total. The quantitative estimate of drug-likeness (QED) is 0.694. The second-order valence-corrected chi connectivity index (χ2v) is 3.07. The number of hydrogen-bond acceptors (Lipinski definition) is 2. The average Bonchev–Trinajstić information content (AvgIpc) is 2.67. The minimum absolute atomic E-state index is 0.0124. The minimum atomic E-state index is -0.134. The van der Waals surface area contributed by atoms with E-state index in [9.17, 15) is 0 Å². The molecule has 1 aliphatic rings. The molecule has 2 rings (SSSR count). The van der Waals surface area contributed by atoms with E-state index in [1.807, 2.05) is 42.5 Å². The zero-order chi connectivity index (χ0) is 9.10. The summed E-state index contributed by atoms with van der Waals surface area (Å²) >= 11 is 0. The van der Waals surface area contributed by atoms with Crippen LogP contribution < -0.4 is 0 Å². The van der Waals surface area contributed by atoms with Crippen LogP contribution in [0.15, 0.2) is 42.5 Å². The Morgan fingerprint density at radius 2 is 1.92 bits per heavy atom. The molecule has 0 aliphatic carbocycles. The van der Waals surface area contributed by atoms with Gasteiger partial charge < -0.3 is 9.84 Å². The molecule has 68 valence electrons. The molecule has 0 spiro atoms. The molecule has 2 nitrogen and oxygen atoms in total. The van der Waals surface area contributed by atoms with Crippen molar-refractivity contribution in [3.05, 3.63) is 48.0 Å². The molecule has 2 heteroatoms. The summed E-state index contributed by atoms with van der Waals surface area (Å²) in [5, 5.41) is 8.85. The predicted octanol–water partition coefficient (Wildman–Crippen LogP) is 1.68. The number of aliphatic hydroxyl groups excluding tert-OH is 1. The van der Waals surface area contributed by atoms with E-state index in [1.54, 1.807) is 0 Å². The highest BCUT2D eigenvalue weighted by molar-refractivity contribution is 5.23. The van der Waals surface area contributed by atoms with Gasteiger partial charge in [-0.15, -0.1) is 0 Å². The first-order valence-corrected chi connectivity index (χ1v) is 4.40. The van der Waals surface area contributed by atoms with E-state index < -0.39 is 0 Å². The van der Waals surface area contributed by atoms with E-state index in [0.717, 1.165) is 5.56 Å². The topological polar surface area (TPSA) is 29.5 Å². The van der Waals surface area contributed by atoms with Crippen LogP contribution in [0.3, 0.4) is 0 Å². The molecule has 0 aromatic heterocycles. The van der Waals surface area contributed by atoms with Gasteiger partial charge in [-0.2, -0.15) is 0 Å². The monoisotopic (exact) mass is 176 g/mol. The summed E-state index contributed by atoms with van der Waals surface area (Å²) in [4.78, 5) is 0. The maximum absolute atomic E-state index is 8.85. The number of benzene rings is 1. The lowest BCUT2D eigenvalue weighted by Gasteiger charge is -2.11. The van der Waals surface area contributed by atoms with Gasteiger partial charge in [0.1, 0.15) is 6.10 Å². The van der Waals surface area contributed by atoms with Gasteiger partial charge in [0.25, 0.3) is 0 Å². The Balaban J connectivity index is 2.09. The average molecular weight is 176 g/mol. The van der Waals surface area contributed by atoms with E-state index >= 15 is 0 Å². The van der Waals surface area contributed by atoms with Crippen molar-refractivity contribution in [2.45, 2.75) is 12.2 Å². The zero-order valence-electron chi connectivity index (χ0n) is 7.26. The Hall–Kier alpha value is -1.12. The van der Waals surface area contributed by atoms with Crippen molar-refractivity contribution in [2.24, 2.45) is 0 Å². The molecular formula is C11H12O2. The molecule has 0 saturated heterocycles. The van der Waals surface area contributed by atoms with E-state index in [4.69, 9.17) is 9.84 Å². The molecule has 1 aliphatic heterocycles. The van der Waals surface area contributed by atoms with E-state index in [2.05, 4.69) is 0 Å². The van der Waals surface area contributed by atoms with Gasteiger partial charge in [0.2, 0.25) is 0 Å². The van der Waals surface area contributed by atoms with Crippen LogP contribution in [0.2, 0.25) is 0 Å². The highest BCUT2D eigenvalue weighted by Crippen LogP contribution is 2.25. The number of aliphatic hydroxyl groups is 1. The molecule has 1 heterocycles. The molecular weight excluding hydrogens is 164 g/mol. The summed E-state index contributed by atoms with van der Waals surface area (Å²) in [5.74, 6) is 0. The molecule has 0 unspecified atom stereocenters. The van der Waals surface area contributed by atoms with Crippen LogP contribution in [0.5, 0.6) is 0 Å². The Bertz CT molecular complexity index is 292. The molecule has 1 aromatic rings. The van der Waals surface area contributed by atoms with Crippen molar-refractivity contribution in [1.29, 1.82) is 0 Å².